The fraction of sp³-hybridized carbons (Fsp3) is 0.625. The largest absolute Gasteiger partial charge is 0.508 e. The van der Waals surface area contributed by atoms with Gasteiger partial charge >= 0.3 is 0 Å². The third-order valence-corrected chi connectivity index (χ3v) is 6.35. The van der Waals surface area contributed by atoms with E-state index in [1.54, 1.807) is 6.07 Å². The monoisotopic (exact) mass is 378 g/mol. The molecule has 1 aromatic carbocycles. The highest BCUT2D eigenvalue weighted by Crippen LogP contribution is 2.39. The molecule has 0 saturated carbocycles. The van der Waals surface area contributed by atoms with Gasteiger partial charge in [0.05, 0.1) is 31.8 Å². The third kappa shape index (κ3) is 4.83. The van der Waals surface area contributed by atoms with Gasteiger partial charge in [0.25, 0.3) is 0 Å². The molecule has 0 aliphatic carbocycles. The van der Waals surface area contributed by atoms with Crippen LogP contribution < -0.4 is 10.0 Å². The van der Waals surface area contributed by atoms with Crippen LogP contribution in [0.2, 0.25) is 10.0 Å². The Morgan fingerprint density at radius 3 is 2.39 bits per heavy atom. The summed E-state index contributed by atoms with van der Waals surface area (Å²) in [7, 11) is -1.25. The van der Waals surface area contributed by atoms with Crippen molar-refractivity contribution >= 4 is 34.2 Å². The molecule has 0 radical (unpaired) electrons. The van der Waals surface area contributed by atoms with Crippen LogP contribution in [0.1, 0.15) is 45.2 Å². The van der Waals surface area contributed by atoms with Crippen LogP contribution in [-0.2, 0) is 11.0 Å². The van der Waals surface area contributed by atoms with Crippen molar-refractivity contribution in [3.63, 3.8) is 0 Å². The van der Waals surface area contributed by atoms with Crippen LogP contribution in [0.5, 0.6) is 5.75 Å². The molecule has 1 heterocycles. The Balaban J connectivity index is 2.36. The highest BCUT2D eigenvalue weighted by molar-refractivity contribution is 7.84. The summed E-state index contributed by atoms with van der Waals surface area (Å²) in [5, 5.41) is 14.4. The molecule has 7 heteroatoms. The van der Waals surface area contributed by atoms with Crippen molar-refractivity contribution in [3.8, 4) is 5.75 Å². The van der Waals surface area contributed by atoms with Crippen LogP contribution in [0.15, 0.2) is 12.1 Å². The second kappa shape index (κ2) is 7.70. The number of phenols is 1. The zero-order valence-corrected chi connectivity index (χ0v) is 16.0. The number of halogens is 2. The van der Waals surface area contributed by atoms with Gasteiger partial charge in [-0.2, -0.15) is 0 Å². The van der Waals surface area contributed by atoms with E-state index in [1.165, 1.54) is 6.07 Å². The summed E-state index contributed by atoms with van der Waals surface area (Å²) in [5.41, 5.74) is 0.656. The molecule has 3 N–H and O–H groups in total. The Kier molecular flexibility index (Phi) is 6.36. The Bertz CT molecular complexity index is 584. The van der Waals surface area contributed by atoms with Gasteiger partial charge in [-0.3, -0.25) is 0 Å². The number of hydrogen-bond acceptors (Lipinski definition) is 3. The van der Waals surface area contributed by atoms with Gasteiger partial charge in [0.1, 0.15) is 5.75 Å². The average Bonchev–Trinajstić information content (AvgIpc) is 2.48. The van der Waals surface area contributed by atoms with E-state index in [0.29, 0.717) is 15.6 Å². The molecular formula is C16H24Cl2N2O2S. The van der Waals surface area contributed by atoms with Crippen molar-refractivity contribution in [1.29, 1.82) is 0 Å². The Hall–Kier alpha value is -0.330. The molecule has 1 fully saturated rings. The van der Waals surface area contributed by atoms with Gasteiger partial charge in [0.15, 0.2) is 0 Å². The molecule has 0 amide bonds. The lowest BCUT2D eigenvalue weighted by Gasteiger charge is -2.33. The Labute approximate surface area is 150 Å². The molecule has 130 valence electrons. The minimum atomic E-state index is -1.25. The smallest absolute Gasteiger partial charge is 0.121 e. The van der Waals surface area contributed by atoms with Crippen LogP contribution in [-0.4, -0.2) is 27.2 Å². The number of rotatable bonds is 4. The second-order valence-corrected chi connectivity index (χ2v) is 9.70. The maximum Gasteiger partial charge on any atom is 0.121 e. The standard InChI is InChI=1S/C16H24Cl2N2O2S/c1-16(2,3)23(22)20-15(10-4-6-19-7-5-10)11-8-12(17)13(18)9-14(11)21/h8-10,15,19-21H,4-7H2,1-3H3/t15-,23?/m1/s1. The topological polar surface area (TPSA) is 61.4 Å². The SMILES string of the molecule is CC(C)(C)S(=O)N[C@@H](c1cc(Cl)c(Cl)cc1O)C1CCNCC1. The molecule has 1 aliphatic heterocycles. The van der Waals surface area contributed by atoms with E-state index in [0.717, 1.165) is 25.9 Å². The molecular weight excluding hydrogens is 355 g/mol. The first kappa shape index (κ1) is 19.0. The van der Waals surface area contributed by atoms with E-state index in [-0.39, 0.29) is 17.7 Å². The van der Waals surface area contributed by atoms with Crippen LogP contribution >= 0.6 is 23.2 Å². The first-order valence-corrected chi connectivity index (χ1v) is 9.67. The molecule has 1 aliphatic rings. The summed E-state index contributed by atoms with van der Waals surface area (Å²) in [6, 6.07) is 2.90. The maximum atomic E-state index is 12.6. The van der Waals surface area contributed by atoms with Crippen molar-refractivity contribution in [2.75, 3.05) is 13.1 Å². The molecule has 1 saturated heterocycles. The molecule has 23 heavy (non-hydrogen) atoms. The van der Waals surface area contributed by atoms with Gasteiger partial charge < -0.3 is 10.4 Å². The molecule has 2 rings (SSSR count). The number of benzene rings is 1. The summed E-state index contributed by atoms with van der Waals surface area (Å²) in [6.07, 6.45) is 1.89. The molecule has 1 aromatic rings. The lowest BCUT2D eigenvalue weighted by Crippen LogP contribution is -2.41. The highest BCUT2D eigenvalue weighted by atomic mass is 35.5. The first-order valence-electron chi connectivity index (χ1n) is 7.77. The lowest BCUT2D eigenvalue weighted by molar-refractivity contribution is 0.302. The van der Waals surface area contributed by atoms with E-state index in [2.05, 4.69) is 10.0 Å². The summed E-state index contributed by atoms with van der Waals surface area (Å²) in [6.45, 7) is 7.58. The van der Waals surface area contributed by atoms with Crippen LogP contribution in [0.3, 0.4) is 0 Å². The van der Waals surface area contributed by atoms with E-state index < -0.39 is 15.7 Å². The fourth-order valence-corrected chi connectivity index (χ4v) is 3.92. The van der Waals surface area contributed by atoms with Crippen LogP contribution in [0, 0.1) is 5.92 Å². The maximum absolute atomic E-state index is 12.6. The minimum Gasteiger partial charge on any atom is -0.508 e. The molecule has 4 nitrogen and oxygen atoms in total. The van der Waals surface area contributed by atoms with E-state index >= 15 is 0 Å². The number of phenolic OH excluding ortho intramolecular Hbond substituents is 1. The molecule has 2 atom stereocenters. The Morgan fingerprint density at radius 2 is 1.83 bits per heavy atom. The number of piperidine rings is 1. The predicted molar refractivity (Wildman–Crippen MR) is 97.5 cm³/mol. The highest BCUT2D eigenvalue weighted by Gasteiger charge is 2.31. The molecule has 1 unspecified atom stereocenters. The molecule has 0 bridgehead atoms. The van der Waals surface area contributed by atoms with Crippen LogP contribution in [0.4, 0.5) is 0 Å². The number of aromatic hydroxyl groups is 1. The van der Waals surface area contributed by atoms with Crippen LogP contribution in [0.25, 0.3) is 0 Å². The predicted octanol–water partition coefficient (Wildman–Crippen LogP) is 3.79. The lowest BCUT2D eigenvalue weighted by atomic mass is 9.86. The van der Waals surface area contributed by atoms with Crippen molar-refractivity contribution in [1.82, 2.24) is 10.0 Å². The molecule has 0 spiro atoms. The number of nitrogens with one attached hydrogen (secondary N) is 2. The van der Waals surface area contributed by atoms with Gasteiger partial charge in [-0.15, -0.1) is 0 Å². The summed E-state index contributed by atoms with van der Waals surface area (Å²) in [4.78, 5) is 0. The summed E-state index contributed by atoms with van der Waals surface area (Å²) < 4.78 is 15.4. The van der Waals surface area contributed by atoms with Crippen molar-refractivity contribution in [2.24, 2.45) is 5.92 Å². The Morgan fingerprint density at radius 1 is 1.26 bits per heavy atom. The number of hydrogen-bond donors (Lipinski definition) is 3. The average molecular weight is 379 g/mol. The van der Waals surface area contributed by atoms with Crippen molar-refractivity contribution in [3.05, 3.63) is 27.7 Å². The molecule has 0 aromatic heterocycles. The normalized spacial score (nSPS) is 19.5. The van der Waals surface area contributed by atoms with E-state index in [9.17, 15) is 9.32 Å². The van der Waals surface area contributed by atoms with Gasteiger partial charge in [-0.25, -0.2) is 8.93 Å². The van der Waals surface area contributed by atoms with Gasteiger partial charge in [0.2, 0.25) is 0 Å². The van der Waals surface area contributed by atoms with Gasteiger partial charge in [-0.1, -0.05) is 23.2 Å². The quantitative estimate of drug-likeness (QED) is 0.746. The zero-order valence-electron chi connectivity index (χ0n) is 13.7. The third-order valence-electron chi connectivity index (χ3n) is 4.05. The van der Waals surface area contributed by atoms with Crippen molar-refractivity contribution < 1.29 is 9.32 Å². The van der Waals surface area contributed by atoms with E-state index in [4.69, 9.17) is 23.2 Å². The summed E-state index contributed by atoms with van der Waals surface area (Å²) >= 11 is 12.1. The first-order chi connectivity index (χ1) is 10.7. The van der Waals surface area contributed by atoms with Gasteiger partial charge in [-0.05, 0) is 58.7 Å². The van der Waals surface area contributed by atoms with Gasteiger partial charge in [0, 0.05) is 11.6 Å². The van der Waals surface area contributed by atoms with E-state index in [1.807, 2.05) is 20.8 Å². The minimum absolute atomic E-state index is 0.0846. The second-order valence-electron chi connectivity index (χ2n) is 6.89. The van der Waals surface area contributed by atoms with Crippen molar-refractivity contribution in [2.45, 2.75) is 44.4 Å². The zero-order chi connectivity index (χ0) is 17.2. The fourth-order valence-electron chi connectivity index (χ4n) is 2.68. The summed E-state index contributed by atoms with van der Waals surface area (Å²) in [5.74, 6) is 0.354.